The Labute approximate surface area is 133 Å². The number of fused-ring (bicyclic) bond motifs is 1. The second kappa shape index (κ2) is 8.17. The predicted molar refractivity (Wildman–Crippen MR) is 85.4 cm³/mol. The molecule has 0 saturated carbocycles. The van der Waals surface area contributed by atoms with E-state index in [-0.39, 0.29) is 18.7 Å². The fourth-order valence-electron chi connectivity index (χ4n) is 2.08. The third-order valence-electron chi connectivity index (χ3n) is 3.31. The molecular weight excluding hydrogens is 301 g/mol. The van der Waals surface area contributed by atoms with Crippen molar-refractivity contribution < 1.29 is 19.0 Å². The summed E-state index contributed by atoms with van der Waals surface area (Å²) in [5.74, 6) is 1.51. The maximum absolute atomic E-state index is 12.7. The standard InChI is InChI=1S/C16H20FN3O3/c1-2-3-4-15-19-13-6-5-12(7-14(13)20-15)23-10-11(8-17)9-18-16(21)22/h5-8,18H,2-4,9-10H2,1H3,(H,19,20)(H,21,22). The first-order valence-electron chi connectivity index (χ1n) is 7.48. The molecule has 1 aromatic heterocycles. The molecule has 0 unspecified atom stereocenters. The van der Waals surface area contributed by atoms with E-state index >= 15 is 0 Å². The van der Waals surface area contributed by atoms with Gasteiger partial charge in [0, 0.05) is 24.6 Å². The van der Waals surface area contributed by atoms with Crippen LogP contribution in [0.3, 0.4) is 0 Å². The molecule has 0 aliphatic carbocycles. The number of imidazole rings is 1. The molecule has 1 aromatic carbocycles. The van der Waals surface area contributed by atoms with Crippen LogP contribution in [0.1, 0.15) is 25.6 Å². The SMILES string of the molecule is CCCCc1nc2ccc(OCC(=CF)CNC(=O)O)cc2[nH]1. The largest absolute Gasteiger partial charge is 0.489 e. The number of nitrogens with one attached hydrogen (secondary N) is 2. The lowest BCUT2D eigenvalue weighted by Gasteiger charge is -2.08. The lowest BCUT2D eigenvalue weighted by Crippen LogP contribution is -2.25. The Hall–Kier alpha value is -2.57. The van der Waals surface area contributed by atoms with Gasteiger partial charge in [0.05, 0.1) is 17.4 Å². The van der Waals surface area contributed by atoms with Gasteiger partial charge < -0.3 is 20.1 Å². The minimum atomic E-state index is -1.21. The molecule has 23 heavy (non-hydrogen) atoms. The number of unbranched alkanes of at least 4 members (excludes halogenated alkanes) is 1. The van der Waals surface area contributed by atoms with Gasteiger partial charge in [0.25, 0.3) is 0 Å². The van der Waals surface area contributed by atoms with Gasteiger partial charge in [-0.15, -0.1) is 0 Å². The third-order valence-corrected chi connectivity index (χ3v) is 3.31. The second-order valence-corrected chi connectivity index (χ2v) is 5.18. The number of ether oxygens (including phenoxy) is 1. The smallest absolute Gasteiger partial charge is 0.404 e. The summed E-state index contributed by atoms with van der Waals surface area (Å²) in [6, 6.07) is 5.40. The number of aromatic nitrogens is 2. The summed E-state index contributed by atoms with van der Waals surface area (Å²) in [4.78, 5) is 18.1. The van der Waals surface area contributed by atoms with Crippen LogP contribution in [0, 0.1) is 0 Å². The van der Waals surface area contributed by atoms with E-state index in [9.17, 15) is 9.18 Å². The number of amides is 1. The Morgan fingerprint density at radius 2 is 2.35 bits per heavy atom. The Morgan fingerprint density at radius 3 is 3.04 bits per heavy atom. The number of aromatic amines is 1. The molecule has 6 nitrogen and oxygen atoms in total. The summed E-state index contributed by atoms with van der Waals surface area (Å²) < 4.78 is 18.2. The molecule has 1 amide bonds. The quantitative estimate of drug-likeness (QED) is 0.695. The topological polar surface area (TPSA) is 87.2 Å². The molecule has 2 rings (SSSR count). The molecule has 0 bridgehead atoms. The molecule has 0 spiro atoms. The number of carbonyl (C=O) groups is 1. The molecule has 7 heteroatoms. The van der Waals surface area contributed by atoms with E-state index in [0.717, 1.165) is 36.1 Å². The van der Waals surface area contributed by atoms with Crippen molar-refractivity contribution in [3.8, 4) is 5.75 Å². The lowest BCUT2D eigenvalue weighted by molar-refractivity contribution is 0.195. The zero-order valence-corrected chi connectivity index (χ0v) is 12.9. The van der Waals surface area contributed by atoms with Gasteiger partial charge in [-0.25, -0.2) is 14.2 Å². The summed E-state index contributed by atoms with van der Waals surface area (Å²) in [5.41, 5.74) is 1.93. The number of carboxylic acid groups (broad SMARTS) is 1. The average molecular weight is 321 g/mol. The van der Waals surface area contributed by atoms with E-state index in [1.807, 2.05) is 6.07 Å². The van der Waals surface area contributed by atoms with E-state index in [2.05, 4.69) is 22.2 Å². The Bertz CT molecular complexity index is 697. The van der Waals surface area contributed by atoms with Gasteiger partial charge in [-0.3, -0.25) is 0 Å². The zero-order chi connectivity index (χ0) is 16.7. The van der Waals surface area contributed by atoms with Gasteiger partial charge in [0.2, 0.25) is 0 Å². The van der Waals surface area contributed by atoms with Gasteiger partial charge in [0.1, 0.15) is 18.2 Å². The van der Waals surface area contributed by atoms with E-state index in [1.165, 1.54) is 0 Å². The maximum atomic E-state index is 12.7. The summed E-state index contributed by atoms with van der Waals surface area (Å²) in [5, 5.41) is 10.6. The van der Waals surface area contributed by atoms with Gasteiger partial charge in [0.15, 0.2) is 0 Å². The summed E-state index contributed by atoms with van der Waals surface area (Å²) in [6.07, 6.45) is 2.23. The highest BCUT2D eigenvalue weighted by atomic mass is 19.1. The molecule has 0 fully saturated rings. The molecule has 0 aliphatic heterocycles. The van der Waals surface area contributed by atoms with Crippen molar-refractivity contribution >= 4 is 17.1 Å². The minimum Gasteiger partial charge on any atom is -0.489 e. The fraction of sp³-hybridized carbons (Fsp3) is 0.375. The van der Waals surface area contributed by atoms with Crippen molar-refractivity contribution in [1.29, 1.82) is 0 Å². The number of nitrogens with zero attached hydrogens (tertiary/aromatic N) is 1. The molecule has 124 valence electrons. The molecule has 0 saturated heterocycles. The van der Waals surface area contributed by atoms with Crippen LogP contribution in [0.2, 0.25) is 0 Å². The number of halogens is 1. The number of H-pyrrole nitrogens is 1. The number of hydrogen-bond donors (Lipinski definition) is 3. The Morgan fingerprint density at radius 1 is 1.52 bits per heavy atom. The van der Waals surface area contributed by atoms with Crippen LogP contribution in [0.5, 0.6) is 5.75 Å². The van der Waals surface area contributed by atoms with E-state index in [1.54, 1.807) is 12.1 Å². The van der Waals surface area contributed by atoms with Gasteiger partial charge >= 0.3 is 6.09 Å². The third kappa shape index (κ3) is 4.98. The zero-order valence-electron chi connectivity index (χ0n) is 12.9. The minimum absolute atomic E-state index is 0.0287. The van der Waals surface area contributed by atoms with Crippen LogP contribution in [-0.2, 0) is 6.42 Å². The van der Waals surface area contributed by atoms with Gasteiger partial charge in [-0.2, -0.15) is 0 Å². The van der Waals surface area contributed by atoms with Crippen molar-refractivity contribution in [3.05, 3.63) is 35.9 Å². The van der Waals surface area contributed by atoms with E-state index in [0.29, 0.717) is 12.1 Å². The lowest BCUT2D eigenvalue weighted by atomic mass is 10.2. The van der Waals surface area contributed by atoms with Crippen molar-refractivity contribution in [3.63, 3.8) is 0 Å². The Balaban J connectivity index is 1.98. The summed E-state index contributed by atoms with van der Waals surface area (Å²) >= 11 is 0. The van der Waals surface area contributed by atoms with Crippen LogP contribution < -0.4 is 10.1 Å². The van der Waals surface area contributed by atoms with Crippen LogP contribution >= 0.6 is 0 Å². The van der Waals surface area contributed by atoms with Crippen molar-refractivity contribution in [2.75, 3.05) is 13.2 Å². The van der Waals surface area contributed by atoms with Gasteiger partial charge in [-0.05, 0) is 18.6 Å². The molecule has 0 atom stereocenters. The first kappa shape index (κ1) is 16.8. The van der Waals surface area contributed by atoms with Crippen molar-refractivity contribution in [1.82, 2.24) is 15.3 Å². The molecule has 0 radical (unpaired) electrons. The predicted octanol–water partition coefficient (Wildman–Crippen LogP) is 3.41. The highest BCUT2D eigenvalue weighted by Gasteiger charge is 2.06. The molecule has 2 aromatic rings. The van der Waals surface area contributed by atoms with E-state index < -0.39 is 6.09 Å². The Kier molecular flexibility index (Phi) is 5.96. The molecule has 1 heterocycles. The highest BCUT2D eigenvalue weighted by Crippen LogP contribution is 2.20. The monoisotopic (exact) mass is 321 g/mol. The highest BCUT2D eigenvalue weighted by molar-refractivity contribution is 5.76. The first-order valence-corrected chi connectivity index (χ1v) is 7.48. The van der Waals surface area contributed by atoms with Crippen LogP contribution in [-0.4, -0.2) is 34.3 Å². The van der Waals surface area contributed by atoms with Crippen LogP contribution in [0.15, 0.2) is 30.1 Å². The fourth-order valence-corrected chi connectivity index (χ4v) is 2.08. The summed E-state index contributed by atoms with van der Waals surface area (Å²) in [6.45, 7) is 1.99. The normalized spacial score (nSPS) is 11.7. The number of hydrogen-bond acceptors (Lipinski definition) is 3. The van der Waals surface area contributed by atoms with E-state index in [4.69, 9.17) is 9.84 Å². The van der Waals surface area contributed by atoms with Crippen molar-refractivity contribution in [2.45, 2.75) is 26.2 Å². The number of aryl methyl sites for hydroxylation is 1. The molecule has 3 N–H and O–H groups in total. The second-order valence-electron chi connectivity index (χ2n) is 5.18. The average Bonchev–Trinajstić information content (AvgIpc) is 2.94. The first-order chi connectivity index (χ1) is 11.1. The van der Waals surface area contributed by atoms with Crippen LogP contribution in [0.4, 0.5) is 9.18 Å². The number of benzene rings is 1. The maximum Gasteiger partial charge on any atom is 0.404 e. The summed E-state index contributed by atoms with van der Waals surface area (Å²) in [7, 11) is 0. The van der Waals surface area contributed by atoms with Crippen molar-refractivity contribution in [2.24, 2.45) is 0 Å². The van der Waals surface area contributed by atoms with Crippen LogP contribution in [0.25, 0.3) is 11.0 Å². The molecule has 0 aliphatic rings. The molecular formula is C16H20FN3O3. The number of rotatable bonds is 8. The van der Waals surface area contributed by atoms with Gasteiger partial charge in [-0.1, -0.05) is 13.3 Å².